The molecule has 1 aliphatic carbocycles. The van der Waals surface area contributed by atoms with Crippen LogP contribution in [0.3, 0.4) is 0 Å². The van der Waals surface area contributed by atoms with Gasteiger partial charge in [-0.05, 0) is 17.8 Å². The summed E-state index contributed by atoms with van der Waals surface area (Å²) in [5, 5.41) is 0. The lowest BCUT2D eigenvalue weighted by Gasteiger charge is -2.49. The lowest BCUT2D eigenvalue weighted by atomic mass is 9.84. The fraction of sp³-hybridized carbons (Fsp3) is 1.00. The van der Waals surface area contributed by atoms with Gasteiger partial charge in [0.25, 0.3) is 0 Å². The predicted molar refractivity (Wildman–Crippen MR) is 124 cm³/mol. The van der Waals surface area contributed by atoms with Gasteiger partial charge in [0.05, 0.1) is 0 Å². The lowest BCUT2D eigenvalue weighted by molar-refractivity contribution is -0.252. The second-order valence-electron chi connectivity index (χ2n) is 9.76. The van der Waals surface area contributed by atoms with Crippen molar-refractivity contribution in [1.82, 2.24) is 0 Å². The van der Waals surface area contributed by atoms with E-state index in [2.05, 4.69) is 0 Å². The van der Waals surface area contributed by atoms with Gasteiger partial charge >= 0.3 is 23.5 Å². The van der Waals surface area contributed by atoms with Crippen LogP contribution in [0.15, 0.2) is 0 Å². The molecule has 36 heavy (non-hydrogen) atoms. The summed E-state index contributed by atoms with van der Waals surface area (Å²) in [5.74, 6) is -0.272. The molecule has 15 nitrogen and oxygen atoms in total. The molecule has 0 aromatic heterocycles. The van der Waals surface area contributed by atoms with Crippen LogP contribution >= 0.6 is 23.5 Å². The Morgan fingerprint density at radius 1 is 0.472 bits per heavy atom. The molecule has 0 saturated heterocycles. The van der Waals surface area contributed by atoms with Gasteiger partial charge in [-0.1, -0.05) is 41.5 Å². The van der Waals surface area contributed by atoms with Crippen molar-refractivity contribution < 1.29 is 70.8 Å². The minimum Gasteiger partial charge on any atom is -0.372 e. The second kappa shape index (κ2) is 14.0. The Balaban J connectivity index is 3.78. The molecule has 0 aromatic rings. The molecule has 2 unspecified atom stereocenters. The van der Waals surface area contributed by atoms with Crippen LogP contribution in [0.5, 0.6) is 0 Å². The van der Waals surface area contributed by atoms with Crippen LogP contribution in [0.4, 0.5) is 0 Å². The van der Waals surface area contributed by atoms with E-state index in [1.807, 2.05) is 13.8 Å². The third-order valence-electron chi connectivity index (χ3n) is 4.59. The first-order chi connectivity index (χ1) is 16.2. The highest BCUT2D eigenvalue weighted by atomic mass is 31.2. The Morgan fingerprint density at radius 3 is 0.861 bits per heavy atom. The molecule has 0 aliphatic heterocycles. The van der Waals surface area contributed by atoms with Crippen molar-refractivity contribution in [3.05, 3.63) is 0 Å². The smallest absolute Gasteiger partial charge is 0.372 e. The van der Waals surface area contributed by atoms with Gasteiger partial charge < -0.3 is 43.6 Å². The van der Waals surface area contributed by atoms with E-state index in [0.717, 1.165) is 0 Å². The summed E-state index contributed by atoms with van der Waals surface area (Å²) in [6.45, 7) is 10.8. The van der Waals surface area contributed by atoms with E-state index in [9.17, 15) is 43.1 Å². The largest absolute Gasteiger partial charge is 0.470 e. The highest BCUT2D eigenvalue weighted by Gasteiger charge is 2.59. The molecule has 0 aromatic carbocycles. The first-order valence-corrected chi connectivity index (χ1v) is 15.9. The summed E-state index contributed by atoms with van der Waals surface area (Å²) in [6.07, 6.45) is -10.4. The number of phosphoric ester groups is 3. The molecule has 1 aliphatic rings. The Hall–Kier alpha value is 0.210. The van der Waals surface area contributed by atoms with Gasteiger partial charge in [0.15, 0.2) is 0 Å². The van der Waals surface area contributed by atoms with Gasteiger partial charge in [-0.3, -0.25) is 13.6 Å². The van der Waals surface area contributed by atoms with Crippen LogP contribution in [0.1, 0.15) is 41.5 Å². The maximum absolute atomic E-state index is 11.9. The van der Waals surface area contributed by atoms with E-state index in [1.54, 1.807) is 27.7 Å². The number of rotatable bonds is 15. The molecule has 18 heteroatoms. The lowest BCUT2D eigenvalue weighted by Crippen LogP contribution is -2.67. The van der Waals surface area contributed by atoms with Crippen molar-refractivity contribution in [3.63, 3.8) is 0 Å². The Kier molecular flexibility index (Phi) is 13.3. The normalized spacial score (nSPS) is 28.4. The van der Waals surface area contributed by atoms with E-state index >= 15 is 0 Å². The third-order valence-corrected chi connectivity index (χ3v) is 6.14. The van der Waals surface area contributed by atoms with E-state index in [1.165, 1.54) is 0 Å². The summed E-state index contributed by atoms with van der Waals surface area (Å²) in [6, 6.07) is 0. The van der Waals surface area contributed by atoms with Crippen molar-refractivity contribution in [3.8, 4) is 0 Å². The molecule has 0 heterocycles. The summed E-state index contributed by atoms with van der Waals surface area (Å²) in [7, 11) is -16.2. The summed E-state index contributed by atoms with van der Waals surface area (Å²) < 4.78 is 67.6. The Morgan fingerprint density at radius 2 is 0.667 bits per heavy atom. The molecule has 6 atom stereocenters. The maximum Gasteiger partial charge on any atom is 0.470 e. The minimum atomic E-state index is -5.44. The monoisotopic (exact) mass is 588 g/mol. The highest BCUT2D eigenvalue weighted by Crippen LogP contribution is 2.51. The zero-order valence-electron chi connectivity index (χ0n) is 21.0. The Bertz CT molecular complexity index is 756. The fourth-order valence-electron chi connectivity index (χ4n) is 3.44. The minimum absolute atomic E-state index is 0.00320. The SMILES string of the molecule is CC(C)COC1[C@@H](OCC(C)C)[C@H](OP(=O)(O)O)C(OP(=O)(O)O)[C@@H](OP(=O)(O)O)[C@H]1OCC(C)C. The highest BCUT2D eigenvalue weighted by molar-refractivity contribution is 7.47. The van der Waals surface area contributed by atoms with Crippen molar-refractivity contribution in [2.24, 2.45) is 17.8 Å². The van der Waals surface area contributed by atoms with Gasteiger partial charge in [-0.25, -0.2) is 13.7 Å². The first-order valence-electron chi connectivity index (χ1n) is 11.3. The van der Waals surface area contributed by atoms with Crippen LogP contribution < -0.4 is 0 Å². The van der Waals surface area contributed by atoms with Gasteiger partial charge in [0, 0.05) is 19.8 Å². The fourth-order valence-corrected chi connectivity index (χ4v) is 5.11. The molecule has 1 rings (SSSR count). The standard InChI is InChI=1S/C18H39O15P3/c1-10(2)7-28-13-14(29-8-11(3)4)16(31-34(19,20)21)18(33-36(25,26)27)17(32-35(22,23)24)15(13)30-9-12(5)6/h10-18H,7-9H2,1-6H3,(H2,19,20,21)(H2,22,23,24)(H2,25,26,27)/t13?,14-,15+,16-,17-,18?/m0/s1. The molecule has 0 radical (unpaired) electrons. The number of hydrogen-bond acceptors (Lipinski definition) is 9. The predicted octanol–water partition coefficient (Wildman–Crippen LogP) is 1.56. The molecule has 0 spiro atoms. The zero-order chi connectivity index (χ0) is 28.1. The zero-order valence-corrected chi connectivity index (χ0v) is 23.7. The summed E-state index contributed by atoms with van der Waals surface area (Å²) >= 11 is 0. The van der Waals surface area contributed by atoms with E-state index in [4.69, 9.17) is 27.8 Å². The van der Waals surface area contributed by atoms with Crippen LogP contribution in [0.2, 0.25) is 0 Å². The van der Waals surface area contributed by atoms with Crippen LogP contribution in [0, 0.1) is 17.8 Å². The number of ether oxygens (including phenoxy) is 3. The van der Waals surface area contributed by atoms with E-state index < -0.39 is 60.1 Å². The Labute approximate surface area is 210 Å². The van der Waals surface area contributed by atoms with Crippen LogP contribution in [-0.2, 0) is 41.5 Å². The number of phosphoric acid groups is 3. The van der Waals surface area contributed by atoms with Crippen molar-refractivity contribution in [1.29, 1.82) is 0 Å². The topological polar surface area (TPSA) is 228 Å². The average Bonchev–Trinajstić information content (AvgIpc) is 2.63. The van der Waals surface area contributed by atoms with Crippen molar-refractivity contribution in [2.45, 2.75) is 78.2 Å². The first kappa shape index (κ1) is 34.2. The molecular formula is C18H39O15P3. The summed E-state index contributed by atoms with van der Waals surface area (Å²) in [5.41, 5.74) is 0. The molecule has 1 fully saturated rings. The number of hydrogen-bond donors (Lipinski definition) is 6. The molecular weight excluding hydrogens is 549 g/mol. The van der Waals surface area contributed by atoms with Crippen molar-refractivity contribution >= 4 is 23.5 Å². The molecule has 6 N–H and O–H groups in total. The average molecular weight is 588 g/mol. The second-order valence-corrected chi connectivity index (χ2v) is 13.3. The van der Waals surface area contributed by atoms with E-state index in [0.29, 0.717) is 0 Å². The van der Waals surface area contributed by atoms with Gasteiger partial charge in [0.2, 0.25) is 0 Å². The molecule has 0 amide bonds. The van der Waals surface area contributed by atoms with Crippen molar-refractivity contribution in [2.75, 3.05) is 19.8 Å². The van der Waals surface area contributed by atoms with Crippen LogP contribution in [0.25, 0.3) is 0 Å². The van der Waals surface area contributed by atoms with E-state index in [-0.39, 0.29) is 37.6 Å². The van der Waals surface area contributed by atoms with Crippen LogP contribution in [-0.4, -0.2) is 85.8 Å². The third kappa shape index (κ3) is 12.8. The molecule has 0 bridgehead atoms. The quantitative estimate of drug-likeness (QED) is 0.149. The van der Waals surface area contributed by atoms with Gasteiger partial charge in [-0.15, -0.1) is 0 Å². The van der Waals surface area contributed by atoms with Gasteiger partial charge in [-0.2, -0.15) is 0 Å². The summed E-state index contributed by atoms with van der Waals surface area (Å²) in [4.78, 5) is 57.3. The molecule has 216 valence electrons. The molecule has 1 saturated carbocycles. The maximum atomic E-state index is 11.9. The van der Waals surface area contributed by atoms with Gasteiger partial charge in [0.1, 0.15) is 36.6 Å².